The summed E-state index contributed by atoms with van der Waals surface area (Å²) in [5.41, 5.74) is 0.616. The minimum atomic E-state index is -4.40. The number of nitrogens with one attached hydrogen (secondary N) is 2. The topological polar surface area (TPSA) is 41.9 Å². The van der Waals surface area contributed by atoms with E-state index in [1.165, 1.54) is 12.1 Å². The lowest BCUT2D eigenvalue weighted by Gasteiger charge is -2.11. The Labute approximate surface area is 153 Å². The van der Waals surface area contributed by atoms with Gasteiger partial charge in [0.1, 0.15) is 0 Å². The van der Waals surface area contributed by atoms with Gasteiger partial charge in [-0.15, -0.1) is 0 Å². The molecule has 0 spiro atoms. The first-order valence-corrected chi connectivity index (χ1v) is 8.13. The van der Waals surface area contributed by atoms with Crippen LogP contribution >= 0.6 is 12.2 Å². The number of hydrogen-bond acceptors (Lipinski definition) is 2. The van der Waals surface area contributed by atoms with E-state index in [0.717, 1.165) is 17.7 Å². The molecule has 0 aliphatic carbocycles. The number of halogens is 3. The fourth-order valence-corrected chi connectivity index (χ4v) is 2.56. The minimum Gasteiger partial charge on any atom is -0.332 e. The van der Waals surface area contributed by atoms with E-state index in [1.807, 2.05) is 30.3 Å². The van der Waals surface area contributed by atoms with E-state index in [4.69, 9.17) is 12.2 Å². The molecular weight excluding hydrogens is 361 g/mol. The Morgan fingerprint density at radius 2 is 1.77 bits per heavy atom. The molecule has 2 aromatic carbocycles. The summed E-state index contributed by atoms with van der Waals surface area (Å²) in [4.78, 5) is 0. The van der Waals surface area contributed by atoms with Crippen molar-refractivity contribution in [1.82, 2.24) is 9.78 Å². The first kappa shape index (κ1) is 17.9. The highest BCUT2D eigenvalue weighted by atomic mass is 32.1. The van der Waals surface area contributed by atoms with Crippen LogP contribution in [0.4, 0.5) is 24.7 Å². The van der Waals surface area contributed by atoms with Crippen molar-refractivity contribution in [3.05, 3.63) is 78.0 Å². The van der Waals surface area contributed by atoms with Crippen LogP contribution in [0.2, 0.25) is 0 Å². The van der Waals surface area contributed by atoms with Gasteiger partial charge in [0, 0.05) is 18.0 Å². The molecule has 134 valence electrons. The first-order valence-electron chi connectivity index (χ1n) is 7.73. The minimum absolute atomic E-state index is 0.161. The van der Waals surface area contributed by atoms with Gasteiger partial charge in [0.25, 0.3) is 0 Å². The highest BCUT2D eigenvalue weighted by Crippen LogP contribution is 2.30. The van der Waals surface area contributed by atoms with Crippen molar-refractivity contribution in [2.24, 2.45) is 0 Å². The van der Waals surface area contributed by atoms with E-state index in [9.17, 15) is 13.2 Å². The molecule has 0 aliphatic rings. The Hall–Kier alpha value is -2.87. The standard InChI is InChI=1S/C18H15F3N4S/c19-18(20,21)14-7-4-8-15(11-14)22-17(26)23-16-9-10-25(24-16)12-13-5-2-1-3-6-13/h1-11H,12H2,(H2,22,23,24,26). The zero-order valence-electron chi connectivity index (χ0n) is 13.5. The van der Waals surface area contributed by atoms with E-state index in [-0.39, 0.29) is 10.8 Å². The number of alkyl halides is 3. The van der Waals surface area contributed by atoms with E-state index in [2.05, 4.69) is 15.7 Å². The molecule has 8 heteroatoms. The predicted molar refractivity (Wildman–Crippen MR) is 99.1 cm³/mol. The largest absolute Gasteiger partial charge is 0.416 e. The summed E-state index contributed by atoms with van der Waals surface area (Å²) in [6, 6.07) is 16.4. The lowest BCUT2D eigenvalue weighted by Crippen LogP contribution is -2.20. The molecular formula is C18H15F3N4S. The van der Waals surface area contributed by atoms with Crippen LogP contribution < -0.4 is 10.6 Å². The molecule has 0 saturated carbocycles. The number of aromatic nitrogens is 2. The lowest BCUT2D eigenvalue weighted by atomic mass is 10.2. The molecule has 1 heterocycles. The van der Waals surface area contributed by atoms with Crippen LogP contribution in [0.3, 0.4) is 0 Å². The van der Waals surface area contributed by atoms with E-state index < -0.39 is 11.7 Å². The average Bonchev–Trinajstić information content (AvgIpc) is 3.02. The van der Waals surface area contributed by atoms with Gasteiger partial charge in [0.2, 0.25) is 0 Å². The Morgan fingerprint density at radius 3 is 2.50 bits per heavy atom. The normalized spacial score (nSPS) is 11.2. The van der Waals surface area contributed by atoms with Crippen molar-refractivity contribution in [1.29, 1.82) is 0 Å². The van der Waals surface area contributed by atoms with Gasteiger partial charge >= 0.3 is 6.18 Å². The monoisotopic (exact) mass is 376 g/mol. The third kappa shape index (κ3) is 4.82. The summed E-state index contributed by atoms with van der Waals surface area (Å²) < 4.78 is 40.0. The molecule has 3 rings (SSSR count). The lowest BCUT2D eigenvalue weighted by molar-refractivity contribution is -0.137. The SMILES string of the molecule is FC(F)(F)c1cccc(NC(=S)Nc2ccn(Cc3ccccc3)n2)c1. The van der Waals surface area contributed by atoms with Crippen molar-refractivity contribution in [3.63, 3.8) is 0 Å². The second-order valence-electron chi connectivity index (χ2n) is 5.54. The number of thiocarbonyl (C=S) groups is 1. The molecule has 0 fully saturated rings. The van der Waals surface area contributed by atoms with Crippen molar-refractivity contribution in [3.8, 4) is 0 Å². The zero-order chi connectivity index (χ0) is 18.6. The van der Waals surface area contributed by atoms with Gasteiger partial charge in [-0.2, -0.15) is 18.3 Å². The maximum absolute atomic E-state index is 12.7. The molecule has 1 aromatic heterocycles. The van der Waals surface area contributed by atoms with Crippen LogP contribution in [0.5, 0.6) is 0 Å². The zero-order valence-corrected chi connectivity index (χ0v) is 14.3. The van der Waals surface area contributed by atoms with Crippen LogP contribution in [-0.4, -0.2) is 14.9 Å². The molecule has 0 bridgehead atoms. The van der Waals surface area contributed by atoms with Crippen LogP contribution in [0, 0.1) is 0 Å². The fourth-order valence-electron chi connectivity index (χ4n) is 2.34. The summed E-state index contributed by atoms with van der Waals surface area (Å²) in [6.07, 6.45) is -2.61. The Bertz CT molecular complexity index is 891. The summed E-state index contributed by atoms with van der Waals surface area (Å²) in [7, 11) is 0. The Kier molecular flexibility index (Phi) is 5.22. The molecule has 2 N–H and O–H groups in total. The maximum atomic E-state index is 12.7. The van der Waals surface area contributed by atoms with Crippen molar-refractivity contribution in [2.75, 3.05) is 10.6 Å². The molecule has 0 amide bonds. The second kappa shape index (κ2) is 7.57. The quantitative estimate of drug-likeness (QED) is 0.645. The molecule has 0 radical (unpaired) electrons. The fraction of sp³-hybridized carbons (Fsp3) is 0.111. The average molecular weight is 376 g/mol. The third-order valence-corrected chi connectivity index (χ3v) is 3.72. The predicted octanol–water partition coefficient (Wildman–Crippen LogP) is 4.76. The van der Waals surface area contributed by atoms with Crippen molar-refractivity contribution < 1.29 is 13.2 Å². The molecule has 0 saturated heterocycles. The van der Waals surface area contributed by atoms with Crippen LogP contribution in [0.1, 0.15) is 11.1 Å². The maximum Gasteiger partial charge on any atom is 0.416 e. The first-order chi connectivity index (χ1) is 12.4. The third-order valence-electron chi connectivity index (χ3n) is 3.52. The van der Waals surface area contributed by atoms with Gasteiger partial charge in [-0.3, -0.25) is 4.68 Å². The molecule has 0 aliphatic heterocycles. The summed E-state index contributed by atoms with van der Waals surface area (Å²) in [5, 5.41) is 10.1. The van der Waals surface area contributed by atoms with Gasteiger partial charge in [0.05, 0.1) is 12.1 Å². The van der Waals surface area contributed by atoms with Gasteiger partial charge in [-0.25, -0.2) is 0 Å². The summed E-state index contributed by atoms with van der Waals surface area (Å²) in [5.74, 6) is 0.505. The van der Waals surface area contributed by atoms with Crippen LogP contribution in [0.15, 0.2) is 66.9 Å². The number of benzene rings is 2. The van der Waals surface area contributed by atoms with Crippen LogP contribution in [-0.2, 0) is 12.7 Å². The van der Waals surface area contributed by atoms with E-state index in [1.54, 1.807) is 16.9 Å². The van der Waals surface area contributed by atoms with Crippen molar-refractivity contribution >= 4 is 28.8 Å². The number of rotatable bonds is 4. The Morgan fingerprint density at radius 1 is 1.00 bits per heavy atom. The number of nitrogens with zero attached hydrogens (tertiary/aromatic N) is 2. The molecule has 0 atom stereocenters. The van der Waals surface area contributed by atoms with E-state index in [0.29, 0.717) is 12.4 Å². The molecule has 26 heavy (non-hydrogen) atoms. The van der Waals surface area contributed by atoms with Gasteiger partial charge in [-0.05, 0) is 36.0 Å². The second-order valence-corrected chi connectivity index (χ2v) is 5.95. The molecule has 0 unspecified atom stereocenters. The smallest absolute Gasteiger partial charge is 0.332 e. The molecule has 4 nitrogen and oxygen atoms in total. The van der Waals surface area contributed by atoms with Gasteiger partial charge in [0.15, 0.2) is 10.9 Å². The van der Waals surface area contributed by atoms with Crippen LogP contribution in [0.25, 0.3) is 0 Å². The van der Waals surface area contributed by atoms with Gasteiger partial charge in [-0.1, -0.05) is 36.4 Å². The van der Waals surface area contributed by atoms with E-state index >= 15 is 0 Å². The summed E-state index contributed by atoms with van der Waals surface area (Å²) in [6.45, 7) is 0.607. The number of anilines is 2. The Balaban J connectivity index is 1.60. The molecule has 3 aromatic rings. The highest BCUT2D eigenvalue weighted by molar-refractivity contribution is 7.80. The van der Waals surface area contributed by atoms with Gasteiger partial charge < -0.3 is 10.6 Å². The highest BCUT2D eigenvalue weighted by Gasteiger charge is 2.30. The number of hydrogen-bond donors (Lipinski definition) is 2. The van der Waals surface area contributed by atoms with Crippen molar-refractivity contribution in [2.45, 2.75) is 12.7 Å². The summed E-state index contributed by atoms with van der Waals surface area (Å²) >= 11 is 5.14.